The van der Waals surface area contributed by atoms with Crippen molar-refractivity contribution in [2.75, 3.05) is 13.1 Å². The molecule has 0 saturated carbocycles. The predicted octanol–water partition coefficient (Wildman–Crippen LogP) is 2.02. The Labute approximate surface area is 94.2 Å². The van der Waals surface area contributed by atoms with Crippen LogP contribution >= 0.6 is 0 Å². The first kappa shape index (κ1) is 14.4. The SMILES string of the molecule is CCNC(C)CC(=O)N(CC)C(C)CC. The van der Waals surface area contributed by atoms with Crippen molar-refractivity contribution in [1.29, 1.82) is 0 Å². The van der Waals surface area contributed by atoms with Crippen LogP contribution in [0.1, 0.15) is 47.5 Å². The molecule has 0 bridgehead atoms. The number of amides is 1. The lowest BCUT2D eigenvalue weighted by molar-refractivity contribution is -0.133. The monoisotopic (exact) mass is 214 g/mol. The number of nitrogens with one attached hydrogen (secondary N) is 1. The Hall–Kier alpha value is -0.570. The van der Waals surface area contributed by atoms with Gasteiger partial charge in [0.15, 0.2) is 0 Å². The second kappa shape index (κ2) is 7.69. The minimum absolute atomic E-state index is 0.264. The van der Waals surface area contributed by atoms with Crippen LogP contribution in [0, 0.1) is 0 Å². The summed E-state index contributed by atoms with van der Waals surface area (Å²) in [5.41, 5.74) is 0. The van der Waals surface area contributed by atoms with Crippen molar-refractivity contribution in [3.8, 4) is 0 Å². The van der Waals surface area contributed by atoms with Gasteiger partial charge in [-0.05, 0) is 33.7 Å². The number of carbonyl (C=O) groups excluding carboxylic acids is 1. The predicted molar refractivity (Wildman–Crippen MR) is 64.9 cm³/mol. The third kappa shape index (κ3) is 5.17. The summed E-state index contributed by atoms with van der Waals surface area (Å²) in [4.78, 5) is 13.9. The molecule has 0 spiro atoms. The first-order chi connectivity index (χ1) is 7.06. The molecule has 1 N–H and O–H groups in total. The van der Waals surface area contributed by atoms with E-state index < -0.39 is 0 Å². The van der Waals surface area contributed by atoms with Gasteiger partial charge in [0, 0.05) is 25.0 Å². The zero-order chi connectivity index (χ0) is 11.8. The minimum Gasteiger partial charge on any atom is -0.340 e. The molecular formula is C12H26N2O. The van der Waals surface area contributed by atoms with Gasteiger partial charge in [0.2, 0.25) is 5.91 Å². The molecule has 0 radical (unpaired) electrons. The molecule has 90 valence electrons. The van der Waals surface area contributed by atoms with E-state index in [0.29, 0.717) is 12.5 Å². The standard InChI is InChI=1S/C12H26N2O/c1-6-11(5)14(8-3)12(15)9-10(4)13-7-2/h10-11,13H,6-9H2,1-5H3. The summed E-state index contributed by atoms with van der Waals surface area (Å²) < 4.78 is 0. The molecule has 0 aliphatic heterocycles. The molecule has 0 aliphatic carbocycles. The first-order valence-corrected chi connectivity index (χ1v) is 6.09. The second-order valence-corrected chi connectivity index (χ2v) is 4.10. The minimum atomic E-state index is 0.264. The van der Waals surface area contributed by atoms with E-state index in [1.54, 1.807) is 0 Å². The maximum atomic E-state index is 11.9. The summed E-state index contributed by atoms with van der Waals surface area (Å²) in [5, 5.41) is 3.26. The highest BCUT2D eigenvalue weighted by Crippen LogP contribution is 2.06. The molecule has 2 unspecified atom stereocenters. The molecule has 3 heteroatoms. The van der Waals surface area contributed by atoms with Gasteiger partial charge in [0.25, 0.3) is 0 Å². The third-order valence-electron chi connectivity index (χ3n) is 2.82. The van der Waals surface area contributed by atoms with Gasteiger partial charge in [-0.15, -0.1) is 0 Å². The molecule has 0 rings (SSSR count). The van der Waals surface area contributed by atoms with Crippen molar-refractivity contribution in [3.05, 3.63) is 0 Å². The first-order valence-electron chi connectivity index (χ1n) is 6.09. The number of hydrogen-bond donors (Lipinski definition) is 1. The van der Waals surface area contributed by atoms with E-state index in [0.717, 1.165) is 19.5 Å². The molecule has 3 nitrogen and oxygen atoms in total. The molecule has 1 amide bonds. The van der Waals surface area contributed by atoms with Crippen molar-refractivity contribution in [1.82, 2.24) is 10.2 Å². The van der Waals surface area contributed by atoms with Gasteiger partial charge in [-0.1, -0.05) is 13.8 Å². The van der Waals surface area contributed by atoms with E-state index in [1.807, 2.05) is 11.8 Å². The average molecular weight is 214 g/mol. The lowest BCUT2D eigenvalue weighted by Gasteiger charge is -2.28. The quantitative estimate of drug-likeness (QED) is 0.703. The summed E-state index contributed by atoms with van der Waals surface area (Å²) in [7, 11) is 0. The number of carbonyl (C=O) groups is 1. The van der Waals surface area contributed by atoms with Gasteiger partial charge in [0.05, 0.1) is 0 Å². The normalized spacial score (nSPS) is 14.7. The molecule has 0 fully saturated rings. The lowest BCUT2D eigenvalue weighted by Crippen LogP contribution is -2.41. The fraction of sp³-hybridized carbons (Fsp3) is 0.917. The lowest BCUT2D eigenvalue weighted by atomic mass is 10.1. The van der Waals surface area contributed by atoms with Crippen molar-refractivity contribution < 1.29 is 4.79 Å². The summed E-state index contributed by atoms with van der Waals surface area (Å²) >= 11 is 0. The number of nitrogens with zero attached hydrogens (tertiary/aromatic N) is 1. The van der Waals surface area contributed by atoms with Crippen LogP contribution in [-0.2, 0) is 4.79 Å². The highest BCUT2D eigenvalue weighted by molar-refractivity contribution is 5.77. The van der Waals surface area contributed by atoms with Crippen LogP contribution in [0.3, 0.4) is 0 Å². The fourth-order valence-electron chi connectivity index (χ4n) is 1.75. The Morgan fingerprint density at radius 1 is 1.27 bits per heavy atom. The molecule has 0 aliphatic rings. The van der Waals surface area contributed by atoms with E-state index in [-0.39, 0.29) is 11.9 Å². The molecule has 0 heterocycles. The Morgan fingerprint density at radius 3 is 2.27 bits per heavy atom. The Kier molecular flexibility index (Phi) is 7.39. The largest absolute Gasteiger partial charge is 0.340 e. The zero-order valence-electron chi connectivity index (χ0n) is 10.8. The Morgan fingerprint density at radius 2 is 1.87 bits per heavy atom. The van der Waals surface area contributed by atoms with Crippen molar-refractivity contribution >= 4 is 5.91 Å². The summed E-state index contributed by atoms with van der Waals surface area (Å²) in [5.74, 6) is 0.264. The summed E-state index contributed by atoms with van der Waals surface area (Å²) in [6, 6.07) is 0.636. The highest BCUT2D eigenvalue weighted by Gasteiger charge is 2.18. The van der Waals surface area contributed by atoms with Crippen LogP contribution in [0.25, 0.3) is 0 Å². The molecule has 0 aromatic carbocycles. The maximum Gasteiger partial charge on any atom is 0.224 e. The van der Waals surface area contributed by atoms with Crippen molar-refractivity contribution in [3.63, 3.8) is 0 Å². The van der Waals surface area contributed by atoms with E-state index in [2.05, 4.69) is 33.0 Å². The Bertz CT molecular complexity index is 182. The third-order valence-corrected chi connectivity index (χ3v) is 2.82. The molecular weight excluding hydrogens is 188 g/mol. The van der Waals surface area contributed by atoms with Crippen LogP contribution in [0.2, 0.25) is 0 Å². The van der Waals surface area contributed by atoms with Gasteiger partial charge in [-0.2, -0.15) is 0 Å². The van der Waals surface area contributed by atoms with Crippen molar-refractivity contribution in [2.24, 2.45) is 0 Å². The van der Waals surface area contributed by atoms with Gasteiger partial charge in [0.1, 0.15) is 0 Å². The van der Waals surface area contributed by atoms with Crippen LogP contribution in [0.4, 0.5) is 0 Å². The number of hydrogen-bond acceptors (Lipinski definition) is 2. The summed E-state index contributed by atoms with van der Waals surface area (Å²) in [6.07, 6.45) is 1.63. The fourth-order valence-corrected chi connectivity index (χ4v) is 1.75. The molecule has 0 aromatic heterocycles. The van der Waals surface area contributed by atoms with E-state index >= 15 is 0 Å². The smallest absolute Gasteiger partial charge is 0.224 e. The topological polar surface area (TPSA) is 32.3 Å². The van der Waals surface area contributed by atoms with Gasteiger partial charge >= 0.3 is 0 Å². The average Bonchev–Trinajstić information content (AvgIpc) is 2.18. The highest BCUT2D eigenvalue weighted by atomic mass is 16.2. The van der Waals surface area contributed by atoms with Crippen LogP contribution in [-0.4, -0.2) is 36.0 Å². The van der Waals surface area contributed by atoms with Gasteiger partial charge < -0.3 is 10.2 Å². The zero-order valence-corrected chi connectivity index (χ0v) is 10.8. The van der Waals surface area contributed by atoms with Crippen LogP contribution < -0.4 is 5.32 Å². The van der Waals surface area contributed by atoms with Crippen LogP contribution in [0.15, 0.2) is 0 Å². The van der Waals surface area contributed by atoms with Crippen molar-refractivity contribution in [2.45, 2.75) is 59.5 Å². The maximum absolute atomic E-state index is 11.9. The number of rotatable bonds is 7. The van der Waals surface area contributed by atoms with Gasteiger partial charge in [-0.25, -0.2) is 0 Å². The van der Waals surface area contributed by atoms with E-state index in [9.17, 15) is 4.79 Å². The van der Waals surface area contributed by atoms with E-state index in [1.165, 1.54) is 0 Å². The second-order valence-electron chi connectivity index (χ2n) is 4.10. The Balaban J connectivity index is 4.15. The van der Waals surface area contributed by atoms with Gasteiger partial charge in [-0.3, -0.25) is 4.79 Å². The molecule has 2 atom stereocenters. The molecule has 15 heavy (non-hydrogen) atoms. The molecule has 0 aromatic rings. The van der Waals surface area contributed by atoms with E-state index in [4.69, 9.17) is 0 Å². The summed E-state index contributed by atoms with van der Waals surface area (Å²) in [6.45, 7) is 12.1. The molecule has 0 saturated heterocycles. The van der Waals surface area contributed by atoms with Crippen LogP contribution in [0.5, 0.6) is 0 Å².